The van der Waals surface area contributed by atoms with Crippen molar-refractivity contribution in [1.82, 2.24) is 0 Å². The zero-order valence-corrected chi connectivity index (χ0v) is 20.8. The van der Waals surface area contributed by atoms with Crippen LogP contribution in [-0.2, 0) is 15.1 Å². The minimum absolute atomic E-state index is 0.0232. The monoisotopic (exact) mass is 476 g/mol. The van der Waals surface area contributed by atoms with Crippen molar-refractivity contribution in [2.75, 3.05) is 14.2 Å². The molecule has 1 fully saturated rings. The molecular formula is C29H32O4S. The maximum absolute atomic E-state index is 11.8. The summed E-state index contributed by atoms with van der Waals surface area (Å²) >= 11 is 1.45. The SMILES string of the molecule is COc1ccc(C(OC2CCCC(SC(C)=O)C2)(c2ccccc2)c2ccc(OC)cc2)cc1. The van der Waals surface area contributed by atoms with E-state index in [1.807, 2.05) is 30.3 Å². The molecule has 5 heteroatoms. The second-order valence-electron chi connectivity index (χ2n) is 8.64. The Hall–Kier alpha value is -2.76. The Morgan fingerprint density at radius 2 is 1.32 bits per heavy atom. The van der Waals surface area contributed by atoms with Crippen LogP contribution in [-0.4, -0.2) is 30.7 Å². The molecular weight excluding hydrogens is 444 g/mol. The molecule has 0 radical (unpaired) electrons. The fraction of sp³-hybridized carbons (Fsp3) is 0.345. The molecule has 34 heavy (non-hydrogen) atoms. The van der Waals surface area contributed by atoms with E-state index in [1.54, 1.807) is 21.1 Å². The first-order valence-corrected chi connectivity index (χ1v) is 12.6. The molecule has 0 N–H and O–H groups in total. The summed E-state index contributed by atoms with van der Waals surface area (Å²) in [6, 6.07) is 26.6. The fourth-order valence-corrected chi connectivity index (χ4v) is 5.89. The normalized spacial score (nSPS) is 18.3. The molecule has 4 nitrogen and oxygen atoms in total. The van der Waals surface area contributed by atoms with Gasteiger partial charge in [-0.05, 0) is 66.6 Å². The number of carbonyl (C=O) groups excluding carboxylic acids is 1. The number of ether oxygens (including phenoxy) is 3. The first-order chi connectivity index (χ1) is 16.5. The van der Waals surface area contributed by atoms with Gasteiger partial charge in [-0.1, -0.05) is 66.4 Å². The van der Waals surface area contributed by atoms with Gasteiger partial charge in [0.2, 0.25) is 0 Å². The standard InChI is InChI=1S/C29H32O4S/c1-21(30)34-28-11-7-10-27(20-28)33-29(22-8-5-4-6-9-22,23-12-16-25(31-2)17-13-23)24-14-18-26(32-3)19-15-24/h4-6,8-9,12-19,27-28H,7,10-11,20H2,1-3H3. The number of carbonyl (C=O) groups is 1. The van der Waals surface area contributed by atoms with Crippen LogP contribution < -0.4 is 9.47 Å². The Morgan fingerprint density at radius 1 is 0.794 bits per heavy atom. The van der Waals surface area contributed by atoms with Crippen molar-refractivity contribution in [3.05, 3.63) is 95.6 Å². The van der Waals surface area contributed by atoms with Gasteiger partial charge in [0.25, 0.3) is 0 Å². The highest BCUT2D eigenvalue weighted by molar-refractivity contribution is 8.14. The van der Waals surface area contributed by atoms with Crippen molar-refractivity contribution >= 4 is 16.9 Å². The van der Waals surface area contributed by atoms with Crippen molar-refractivity contribution < 1.29 is 19.0 Å². The molecule has 2 unspecified atom stereocenters. The Bertz CT molecular complexity index is 1020. The predicted molar refractivity (Wildman–Crippen MR) is 138 cm³/mol. The van der Waals surface area contributed by atoms with E-state index in [1.165, 1.54) is 11.8 Å². The molecule has 0 saturated heterocycles. The molecule has 1 aliphatic rings. The van der Waals surface area contributed by atoms with E-state index >= 15 is 0 Å². The molecule has 178 valence electrons. The van der Waals surface area contributed by atoms with Gasteiger partial charge in [-0.25, -0.2) is 0 Å². The van der Waals surface area contributed by atoms with Gasteiger partial charge in [0, 0.05) is 12.2 Å². The first-order valence-electron chi connectivity index (χ1n) is 11.7. The van der Waals surface area contributed by atoms with Crippen LogP contribution >= 0.6 is 11.8 Å². The third-order valence-corrected chi connectivity index (χ3v) is 7.52. The van der Waals surface area contributed by atoms with E-state index < -0.39 is 5.60 Å². The predicted octanol–water partition coefficient (Wildman–Crippen LogP) is 6.60. The maximum atomic E-state index is 11.8. The second-order valence-corrected chi connectivity index (χ2v) is 10.1. The average molecular weight is 477 g/mol. The number of benzene rings is 3. The molecule has 0 bridgehead atoms. The lowest BCUT2D eigenvalue weighted by atomic mass is 9.79. The highest BCUT2D eigenvalue weighted by Gasteiger charge is 2.41. The maximum Gasteiger partial charge on any atom is 0.186 e. The van der Waals surface area contributed by atoms with Gasteiger partial charge in [-0.3, -0.25) is 4.79 Å². The van der Waals surface area contributed by atoms with Gasteiger partial charge in [0.1, 0.15) is 17.1 Å². The first kappa shape index (κ1) is 24.4. The van der Waals surface area contributed by atoms with Crippen LogP contribution in [0.3, 0.4) is 0 Å². The summed E-state index contributed by atoms with van der Waals surface area (Å²) in [7, 11) is 3.35. The lowest BCUT2D eigenvalue weighted by Crippen LogP contribution is -2.39. The van der Waals surface area contributed by atoms with E-state index in [4.69, 9.17) is 14.2 Å². The fourth-order valence-electron chi connectivity index (χ4n) is 4.83. The topological polar surface area (TPSA) is 44.8 Å². The van der Waals surface area contributed by atoms with Crippen molar-refractivity contribution in [3.63, 3.8) is 0 Å². The number of thioether (sulfide) groups is 1. The zero-order chi connectivity index (χ0) is 24.0. The summed E-state index contributed by atoms with van der Waals surface area (Å²) in [5.41, 5.74) is 2.32. The highest BCUT2D eigenvalue weighted by atomic mass is 32.2. The number of rotatable bonds is 8. The average Bonchev–Trinajstić information content (AvgIpc) is 2.88. The van der Waals surface area contributed by atoms with Gasteiger partial charge in [0.15, 0.2) is 5.12 Å². The lowest BCUT2D eigenvalue weighted by Gasteiger charge is -2.41. The van der Waals surface area contributed by atoms with Crippen molar-refractivity contribution in [2.24, 2.45) is 0 Å². The van der Waals surface area contributed by atoms with Crippen LogP contribution in [0.5, 0.6) is 11.5 Å². The van der Waals surface area contributed by atoms with E-state index in [0.29, 0.717) is 0 Å². The summed E-state index contributed by atoms with van der Waals surface area (Å²) in [4.78, 5) is 11.8. The number of hydrogen-bond donors (Lipinski definition) is 0. The van der Waals surface area contributed by atoms with Crippen molar-refractivity contribution in [3.8, 4) is 11.5 Å². The van der Waals surface area contributed by atoms with Gasteiger partial charge in [0.05, 0.1) is 20.3 Å². The minimum atomic E-state index is -0.812. The summed E-state index contributed by atoms with van der Waals surface area (Å²) in [6.45, 7) is 1.65. The molecule has 0 heterocycles. The van der Waals surface area contributed by atoms with Gasteiger partial charge >= 0.3 is 0 Å². The minimum Gasteiger partial charge on any atom is -0.497 e. The quantitative estimate of drug-likeness (QED) is 0.343. The van der Waals surface area contributed by atoms with Crippen LogP contribution in [0, 0.1) is 0 Å². The number of hydrogen-bond acceptors (Lipinski definition) is 5. The second kappa shape index (κ2) is 11.1. The molecule has 2 atom stereocenters. The lowest BCUT2D eigenvalue weighted by molar-refractivity contribution is -0.109. The molecule has 3 aromatic rings. The summed E-state index contributed by atoms with van der Waals surface area (Å²) in [5, 5.41) is 0.460. The Labute approximate surface area is 206 Å². The third kappa shape index (κ3) is 5.31. The summed E-state index contributed by atoms with van der Waals surface area (Å²) < 4.78 is 18.1. The van der Waals surface area contributed by atoms with Gasteiger partial charge in [-0.15, -0.1) is 0 Å². The van der Waals surface area contributed by atoms with Crippen molar-refractivity contribution in [1.29, 1.82) is 0 Å². The van der Waals surface area contributed by atoms with Crippen molar-refractivity contribution in [2.45, 2.75) is 49.6 Å². The van der Waals surface area contributed by atoms with E-state index in [-0.39, 0.29) is 16.5 Å². The molecule has 1 saturated carbocycles. The van der Waals surface area contributed by atoms with Gasteiger partial charge in [-0.2, -0.15) is 0 Å². The summed E-state index contributed by atoms with van der Waals surface area (Å²) in [6.07, 6.45) is 3.94. The molecule has 0 spiro atoms. The molecule has 0 aliphatic heterocycles. The Morgan fingerprint density at radius 3 is 1.82 bits per heavy atom. The van der Waals surface area contributed by atoms with Gasteiger partial charge < -0.3 is 14.2 Å². The summed E-state index contributed by atoms with van der Waals surface area (Å²) in [5.74, 6) is 1.60. The van der Waals surface area contributed by atoms with Crippen LogP contribution in [0.1, 0.15) is 49.3 Å². The van der Waals surface area contributed by atoms with Crippen LogP contribution in [0.4, 0.5) is 0 Å². The molecule has 4 rings (SSSR count). The van der Waals surface area contributed by atoms with E-state index in [0.717, 1.165) is 53.9 Å². The Kier molecular flexibility index (Phi) is 7.96. The van der Waals surface area contributed by atoms with E-state index in [2.05, 4.69) is 48.5 Å². The third-order valence-electron chi connectivity index (χ3n) is 6.43. The highest BCUT2D eigenvalue weighted by Crippen LogP contribution is 2.45. The van der Waals surface area contributed by atoms with E-state index in [9.17, 15) is 4.79 Å². The van der Waals surface area contributed by atoms with Crippen LogP contribution in [0.25, 0.3) is 0 Å². The molecule has 0 aromatic heterocycles. The smallest absolute Gasteiger partial charge is 0.186 e. The zero-order valence-electron chi connectivity index (χ0n) is 20.0. The molecule has 1 aliphatic carbocycles. The van der Waals surface area contributed by atoms with Crippen LogP contribution in [0.15, 0.2) is 78.9 Å². The number of methoxy groups -OCH3 is 2. The Balaban J connectivity index is 1.84. The molecule has 0 amide bonds. The largest absolute Gasteiger partial charge is 0.497 e. The molecule has 3 aromatic carbocycles. The van der Waals surface area contributed by atoms with Crippen LogP contribution in [0.2, 0.25) is 0 Å².